The zero-order valence-electron chi connectivity index (χ0n) is 17.6. The summed E-state index contributed by atoms with van der Waals surface area (Å²) in [7, 11) is 0. The molecule has 1 aliphatic heterocycles. The van der Waals surface area contributed by atoms with Gasteiger partial charge in [-0.3, -0.25) is 9.97 Å². The highest BCUT2D eigenvalue weighted by molar-refractivity contribution is 5.59. The van der Waals surface area contributed by atoms with Crippen LogP contribution >= 0.6 is 0 Å². The van der Waals surface area contributed by atoms with E-state index in [1.807, 2.05) is 41.5 Å². The number of pyridine rings is 2. The van der Waals surface area contributed by atoms with E-state index < -0.39 is 0 Å². The number of nitrogens with zero attached hydrogens (tertiary/aromatic N) is 6. The van der Waals surface area contributed by atoms with Crippen molar-refractivity contribution in [3.63, 3.8) is 0 Å². The Bertz CT molecular complexity index is 934. The van der Waals surface area contributed by atoms with Crippen LogP contribution in [-0.2, 0) is 19.4 Å². The lowest BCUT2D eigenvalue weighted by Crippen LogP contribution is -2.35. The number of aliphatic hydroxyl groups is 1. The fourth-order valence-electron chi connectivity index (χ4n) is 3.82. The summed E-state index contributed by atoms with van der Waals surface area (Å²) in [6.07, 6.45) is 10.9. The van der Waals surface area contributed by atoms with Gasteiger partial charge in [0.15, 0.2) is 11.6 Å². The third kappa shape index (κ3) is 5.02. The molecule has 1 N–H and O–H groups in total. The average molecular weight is 407 g/mol. The van der Waals surface area contributed by atoms with Crippen molar-refractivity contribution in [3.05, 3.63) is 54.2 Å². The minimum absolute atomic E-state index is 0.181. The topological polar surface area (TPSA) is 80.0 Å². The lowest BCUT2D eigenvalue weighted by atomic mass is 10.1. The number of piperidine rings is 1. The number of unbranched alkanes of at least 4 members (excludes halogenated alkanes) is 1. The van der Waals surface area contributed by atoms with Gasteiger partial charge in [-0.15, -0.1) is 0 Å². The molecule has 1 saturated heterocycles. The second kappa shape index (κ2) is 9.80. The first kappa shape index (κ1) is 20.5. The molecule has 0 spiro atoms. The number of hydrogen-bond donors (Lipinski definition) is 1. The van der Waals surface area contributed by atoms with Crippen LogP contribution in [-0.4, -0.2) is 49.0 Å². The molecule has 0 amide bonds. The van der Waals surface area contributed by atoms with E-state index in [1.54, 1.807) is 0 Å². The molecule has 0 bridgehead atoms. The summed E-state index contributed by atoms with van der Waals surface area (Å²) >= 11 is 0. The van der Waals surface area contributed by atoms with E-state index in [4.69, 9.17) is 10.1 Å². The van der Waals surface area contributed by atoms with E-state index in [9.17, 15) is 5.11 Å². The van der Waals surface area contributed by atoms with Crippen molar-refractivity contribution in [1.29, 1.82) is 0 Å². The molecular weight excluding hydrogens is 376 g/mol. The first-order chi connectivity index (χ1) is 14.7. The van der Waals surface area contributed by atoms with Crippen LogP contribution in [0.1, 0.15) is 44.0 Å². The van der Waals surface area contributed by atoms with E-state index in [0.29, 0.717) is 0 Å². The Morgan fingerprint density at radius 2 is 1.87 bits per heavy atom. The fourth-order valence-corrected chi connectivity index (χ4v) is 3.82. The third-order valence-corrected chi connectivity index (χ3v) is 5.63. The lowest BCUT2D eigenvalue weighted by molar-refractivity contribution is 0.145. The summed E-state index contributed by atoms with van der Waals surface area (Å²) in [5.41, 5.74) is 3.21. The highest BCUT2D eigenvalue weighted by atomic mass is 16.3. The predicted molar refractivity (Wildman–Crippen MR) is 117 cm³/mol. The number of aliphatic hydroxyl groups excluding tert-OH is 1. The number of aromatic nitrogens is 5. The smallest absolute Gasteiger partial charge is 0.177 e. The first-order valence-corrected chi connectivity index (χ1v) is 10.9. The molecule has 0 aromatic carbocycles. The monoisotopic (exact) mass is 406 g/mol. The molecule has 4 heterocycles. The van der Waals surface area contributed by atoms with E-state index in [2.05, 4.69) is 27.9 Å². The number of anilines is 1. The van der Waals surface area contributed by atoms with Crippen LogP contribution in [0, 0.1) is 0 Å². The van der Waals surface area contributed by atoms with Crippen LogP contribution in [0.2, 0.25) is 0 Å². The zero-order chi connectivity index (χ0) is 20.8. The van der Waals surface area contributed by atoms with Crippen molar-refractivity contribution in [1.82, 2.24) is 24.7 Å². The molecule has 3 aromatic heterocycles. The highest BCUT2D eigenvalue weighted by Gasteiger charge is 2.19. The number of hydrogen-bond acceptors (Lipinski definition) is 6. The summed E-state index contributed by atoms with van der Waals surface area (Å²) < 4.78 is 2.00. The molecule has 1 fully saturated rings. The molecule has 1 aliphatic rings. The van der Waals surface area contributed by atoms with Crippen molar-refractivity contribution < 1.29 is 5.11 Å². The van der Waals surface area contributed by atoms with Crippen LogP contribution in [0.25, 0.3) is 11.5 Å². The maximum Gasteiger partial charge on any atom is 0.177 e. The molecule has 0 unspecified atom stereocenters. The normalized spacial score (nSPS) is 14.9. The largest absolute Gasteiger partial charge is 0.393 e. The van der Waals surface area contributed by atoms with Gasteiger partial charge in [-0.2, -0.15) is 5.10 Å². The van der Waals surface area contributed by atoms with Gasteiger partial charge < -0.3 is 10.0 Å². The standard InChI is InChI=1S/C23H30N6O/c1-2-3-4-22-26-23(29(27-22)16-8-18-5-11-24-12-6-18)21-17-19(7-13-25-21)28-14-9-20(30)10-15-28/h5-7,11-13,17,20,30H,2-4,8-10,14-16H2,1H3. The van der Waals surface area contributed by atoms with Crippen molar-refractivity contribution in [2.45, 2.75) is 58.1 Å². The van der Waals surface area contributed by atoms with Gasteiger partial charge in [-0.05, 0) is 55.5 Å². The molecule has 0 radical (unpaired) electrons. The SMILES string of the molecule is CCCCc1nc(-c2cc(N3CCC(O)CC3)ccn2)n(CCc2ccncc2)n1. The van der Waals surface area contributed by atoms with Crippen LogP contribution < -0.4 is 4.90 Å². The Kier molecular flexibility index (Phi) is 6.69. The van der Waals surface area contributed by atoms with Gasteiger partial charge in [0.05, 0.1) is 6.10 Å². The Labute approximate surface area is 177 Å². The first-order valence-electron chi connectivity index (χ1n) is 10.9. The van der Waals surface area contributed by atoms with Crippen molar-refractivity contribution in [2.75, 3.05) is 18.0 Å². The molecule has 4 rings (SSSR count). The zero-order valence-corrected chi connectivity index (χ0v) is 17.6. The summed E-state index contributed by atoms with van der Waals surface area (Å²) in [4.78, 5) is 15.9. The summed E-state index contributed by atoms with van der Waals surface area (Å²) in [5.74, 6) is 1.71. The summed E-state index contributed by atoms with van der Waals surface area (Å²) in [5, 5.41) is 14.6. The van der Waals surface area contributed by atoms with Gasteiger partial charge in [0.1, 0.15) is 5.69 Å². The van der Waals surface area contributed by atoms with Crippen LogP contribution in [0.15, 0.2) is 42.9 Å². The van der Waals surface area contributed by atoms with Crippen LogP contribution in [0.5, 0.6) is 0 Å². The van der Waals surface area contributed by atoms with Gasteiger partial charge in [0.25, 0.3) is 0 Å². The molecule has 7 heteroatoms. The molecule has 30 heavy (non-hydrogen) atoms. The number of rotatable bonds is 8. The third-order valence-electron chi connectivity index (χ3n) is 5.63. The molecule has 7 nitrogen and oxygen atoms in total. The second-order valence-electron chi connectivity index (χ2n) is 7.90. The summed E-state index contributed by atoms with van der Waals surface area (Å²) in [6.45, 7) is 4.66. The lowest BCUT2D eigenvalue weighted by Gasteiger charge is -2.31. The minimum atomic E-state index is -0.181. The Balaban J connectivity index is 1.58. The maximum absolute atomic E-state index is 9.80. The highest BCUT2D eigenvalue weighted by Crippen LogP contribution is 2.25. The molecular formula is C23H30N6O. The predicted octanol–water partition coefficient (Wildman–Crippen LogP) is 3.28. The molecule has 0 saturated carbocycles. The van der Waals surface area contributed by atoms with Gasteiger partial charge in [-0.25, -0.2) is 9.67 Å². The van der Waals surface area contributed by atoms with Gasteiger partial charge in [0, 0.05) is 50.3 Å². The number of aryl methyl sites for hydroxylation is 3. The summed E-state index contributed by atoms with van der Waals surface area (Å²) in [6, 6.07) is 8.22. The van der Waals surface area contributed by atoms with E-state index in [1.165, 1.54) is 5.56 Å². The van der Waals surface area contributed by atoms with Gasteiger partial charge in [-0.1, -0.05) is 13.3 Å². The molecule has 0 aliphatic carbocycles. The second-order valence-corrected chi connectivity index (χ2v) is 7.90. The van der Waals surface area contributed by atoms with Crippen molar-refractivity contribution in [3.8, 4) is 11.5 Å². The van der Waals surface area contributed by atoms with Crippen LogP contribution in [0.4, 0.5) is 5.69 Å². The quantitative estimate of drug-likeness (QED) is 0.618. The average Bonchev–Trinajstić information content (AvgIpc) is 3.21. The molecule has 0 atom stereocenters. The Morgan fingerprint density at radius 1 is 1.07 bits per heavy atom. The van der Waals surface area contributed by atoms with E-state index in [-0.39, 0.29) is 6.10 Å². The minimum Gasteiger partial charge on any atom is -0.393 e. The van der Waals surface area contributed by atoms with Gasteiger partial charge in [0.2, 0.25) is 0 Å². The van der Waals surface area contributed by atoms with Gasteiger partial charge >= 0.3 is 0 Å². The van der Waals surface area contributed by atoms with Crippen molar-refractivity contribution in [2.24, 2.45) is 0 Å². The Morgan fingerprint density at radius 3 is 2.63 bits per heavy atom. The molecule has 158 valence electrons. The van der Waals surface area contributed by atoms with E-state index in [0.717, 1.165) is 81.2 Å². The van der Waals surface area contributed by atoms with Crippen molar-refractivity contribution >= 4 is 5.69 Å². The maximum atomic E-state index is 9.80. The molecule has 3 aromatic rings. The fraction of sp³-hybridized carbons (Fsp3) is 0.478. The van der Waals surface area contributed by atoms with E-state index >= 15 is 0 Å². The Hall–Kier alpha value is -2.80. The van der Waals surface area contributed by atoms with Crippen LogP contribution in [0.3, 0.4) is 0 Å².